The molecule has 2 atom stereocenters. The Morgan fingerprint density at radius 1 is 1.47 bits per heavy atom. The number of aryl methyl sites for hydroxylation is 1. The Bertz CT molecular complexity index is 456. The Balaban J connectivity index is 2.05. The van der Waals surface area contributed by atoms with Crippen LogP contribution in [0.15, 0.2) is 24.3 Å². The third-order valence-corrected chi connectivity index (χ3v) is 3.67. The van der Waals surface area contributed by atoms with Crippen LogP contribution in [0.4, 0.5) is 0 Å². The van der Waals surface area contributed by atoms with Crippen molar-refractivity contribution in [2.75, 3.05) is 13.2 Å². The summed E-state index contributed by atoms with van der Waals surface area (Å²) in [5.41, 5.74) is 1.07. The summed E-state index contributed by atoms with van der Waals surface area (Å²) >= 11 is 0. The van der Waals surface area contributed by atoms with Gasteiger partial charge in [0.1, 0.15) is 5.60 Å². The monoisotopic (exact) mass is 263 g/mol. The van der Waals surface area contributed by atoms with Crippen LogP contribution in [0.1, 0.15) is 36.8 Å². The number of rotatable bonds is 4. The lowest BCUT2D eigenvalue weighted by atomic mass is 9.82. The molecule has 4 nitrogen and oxygen atoms in total. The fourth-order valence-corrected chi connectivity index (χ4v) is 2.48. The Labute approximate surface area is 113 Å². The number of nitrogens with one attached hydrogen (secondary N) is 1. The van der Waals surface area contributed by atoms with Crippen molar-refractivity contribution >= 4 is 5.91 Å². The Morgan fingerprint density at radius 3 is 2.95 bits per heavy atom. The zero-order valence-electron chi connectivity index (χ0n) is 11.2. The molecule has 1 aliphatic carbocycles. The van der Waals surface area contributed by atoms with E-state index in [2.05, 4.69) is 11.4 Å². The molecule has 0 saturated carbocycles. The molecular formula is C15H21NO3. The van der Waals surface area contributed by atoms with Gasteiger partial charge in [0, 0.05) is 6.54 Å². The topological polar surface area (TPSA) is 69.6 Å². The molecule has 0 spiro atoms. The first-order valence-electron chi connectivity index (χ1n) is 6.72. The van der Waals surface area contributed by atoms with Crippen LogP contribution in [-0.4, -0.2) is 34.9 Å². The molecule has 0 radical (unpaired) electrons. The predicted molar refractivity (Wildman–Crippen MR) is 72.8 cm³/mol. The lowest BCUT2D eigenvalue weighted by Crippen LogP contribution is -2.45. The largest absolute Gasteiger partial charge is 0.393 e. The van der Waals surface area contributed by atoms with E-state index in [9.17, 15) is 9.90 Å². The molecule has 0 fully saturated rings. The van der Waals surface area contributed by atoms with Crippen molar-refractivity contribution in [3.05, 3.63) is 35.4 Å². The summed E-state index contributed by atoms with van der Waals surface area (Å²) in [5.74, 6) is -0.208. The van der Waals surface area contributed by atoms with Crippen LogP contribution in [-0.2, 0) is 11.2 Å². The molecular weight excluding hydrogens is 242 g/mol. The van der Waals surface area contributed by atoms with E-state index < -0.39 is 5.60 Å². The molecule has 2 unspecified atom stereocenters. The number of carbonyl (C=O) groups is 1. The summed E-state index contributed by atoms with van der Waals surface area (Å²) in [6.45, 7) is 1.21. The number of aliphatic hydroxyl groups is 2. The maximum absolute atomic E-state index is 12.2. The van der Waals surface area contributed by atoms with Crippen molar-refractivity contribution in [3.63, 3.8) is 0 Å². The van der Waals surface area contributed by atoms with Crippen molar-refractivity contribution in [2.45, 2.75) is 37.7 Å². The van der Waals surface area contributed by atoms with Crippen LogP contribution in [0, 0.1) is 0 Å². The van der Waals surface area contributed by atoms with Gasteiger partial charge in [0.15, 0.2) is 0 Å². The van der Waals surface area contributed by atoms with Crippen LogP contribution >= 0.6 is 0 Å². The molecule has 1 amide bonds. The van der Waals surface area contributed by atoms with Gasteiger partial charge in [0.05, 0.1) is 12.5 Å². The molecule has 1 aliphatic rings. The SMILES string of the molecule is CC(O)(CO)CNC(=O)C1CCCc2ccccc21. The van der Waals surface area contributed by atoms with E-state index in [1.165, 1.54) is 12.5 Å². The number of carbonyl (C=O) groups excluding carboxylic acids is 1. The molecule has 104 valence electrons. The Morgan fingerprint density at radius 2 is 2.21 bits per heavy atom. The second kappa shape index (κ2) is 5.72. The van der Waals surface area contributed by atoms with Crippen molar-refractivity contribution in [3.8, 4) is 0 Å². The van der Waals surface area contributed by atoms with Crippen LogP contribution in [0.2, 0.25) is 0 Å². The maximum Gasteiger partial charge on any atom is 0.227 e. The van der Waals surface area contributed by atoms with Crippen LogP contribution < -0.4 is 5.32 Å². The van der Waals surface area contributed by atoms with E-state index in [0.29, 0.717) is 0 Å². The van der Waals surface area contributed by atoms with Crippen LogP contribution in [0.25, 0.3) is 0 Å². The second-order valence-electron chi connectivity index (χ2n) is 5.52. The predicted octanol–water partition coefficient (Wildman–Crippen LogP) is 0.966. The number of benzene rings is 1. The summed E-state index contributed by atoms with van der Waals surface area (Å²) in [4.78, 5) is 12.2. The van der Waals surface area contributed by atoms with E-state index in [1.807, 2.05) is 18.2 Å². The van der Waals surface area contributed by atoms with Gasteiger partial charge in [0.2, 0.25) is 5.91 Å². The standard InChI is InChI=1S/C15H21NO3/c1-15(19,10-17)9-16-14(18)13-8-4-6-11-5-2-3-7-12(11)13/h2-3,5,7,13,17,19H,4,6,8-10H2,1H3,(H,16,18). The van der Waals surface area contributed by atoms with Crippen molar-refractivity contribution in [1.29, 1.82) is 0 Å². The summed E-state index contributed by atoms with van der Waals surface area (Å²) in [6.07, 6.45) is 2.86. The average molecular weight is 263 g/mol. The lowest BCUT2D eigenvalue weighted by molar-refractivity contribution is -0.124. The third-order valence-electron chi connectivity index (χ3n) is 3.67. The van der Waals surface area contributed by atoms with E-state index in [1.54, 1.807) is 0 Å². The quantitative estimate of drug-likeness (QED) is 0.758. The minimum atomic E-state index is -1.26. The van der Waals surface area contributed by atoms with E-state index >= 15 is 0 Å². The number of amides is 1. The molecule has 0 saturated heterocycles. The van der Waals surface area contributed by atoms with Crippen LogP contribution in [0.5, 0.6) is 0 Å². The minimum Gasteiger partial charge on any atom is -0.393 e. The highest BCUT2D eigenvalue weighted by Gasteiger charge is 2.28. The Hall–Kier alpha value is -1.39. The maximum atomic E-state index is 12.2. The highest BCUT2D eigenvalue weighted by molar-refractivity contribution is 5.84. The van der Waals surface area contributed by atoms with Gasteiger partial charge in [-0.25, -0.2) is 0 Å². The second-order valence-corrected chi connectivity index (χ2v) is 5.52. The first-order valence-corrected chi connectivity index (χ1v) is 6.72. The Kier molecular flexibility index (Phi) is 4.22. The molecule has 2 rings (SSSR count). The van der Waals surface area contributed by atoms with Gasteiger partial charge in [0.25, 0.3) is 0 Å². The number of hydrogen-bond donors (Lipinski definition) is 3. The van der Waals surface area contributed by atoms with Gasteiger partial charge in [-0.05, 0) is 37.3 Å². The number of aliphatic hydroxyl groups excluding tert-OH is 1. The van der Waals surface area contributed by atoms with Crippen molar-refractivity contribution < 1.29 is 15.0 Å². The lowest BCUT2D eigenvalue weighted by Gasteiger charge is -2.27. The number of fused-ring (bicyclic) bond motifs is 1. The fourth-order valence-electron chi connectivity index (χ4n) is 2.48. The van der Waals surface area contributed by atoms with Gasteiger partial charge in [-0.1, -0.05) is 24.3 Å². The molecule has 0 aliphatic heterocycles. The van der Waals surface area contributed by atoms with Gasteiger partial charge >= 0.3 is 0 Å². The number of hydrogen-bond acceptors (Lipinski definition) is 3. The average Bonchev–Trinajstić information content (AvgIpc) is 2.44. The molecule has 4 heteroatoms. The molecule has 0 heterocycles. The summed E-state index contributed by atoms with van der Waals surface area (Å²) in [5, 5.41) is 21.4. The first-order chi connectivity index (χ1) is 9.03. The highest BCUT2D eigenvalue weighted by atomic mass is 16.3. The van der Waals surface area contributed by atoms with Gasteiger partial charge in [-0.2, -0.15) is 0 Å². The zero-order chi connectivity index (χ0) is 13.9. The molecule has 19 heavy (non-hydrogen) atoms. The fraction of sp³-hybridized carbons (Fsp3) is 0.533. The van der Waals surface area contributed by atoms with Gasteiger partial charge in [-0.15, -0.1) is 0 Å². The zero-order valence-corrected chi connectivity index (χ0v) is 11.2. The third kappa shape index (κ3) is 3.33. The minimum absolute atomic E-state index is 0.0686. The van der Waals surface area contributed by atoms with E-state index in [-0.39, 0.29) is 25.0 Å². The highest BCUT2D eigenvalue weighted by Crippen LogP contribution is 2.31. The molecule has 1 aromatic rings. The molecule has 3 N–H and O–H groups in total. The molecule has 0 aromatic heterocycles. The first kappa shape index (κ1) is 14.0. The van der Waals surface area contributed by atoms with Crippen molar-refractivity contribution in [1.82, 2.24) is 5.32 Å². The van der Waals surface area contributed by atoms with Gasteiger partial charge in [-0.3, -0.25) is 4.79 Å². The van der Waals surface area contributed by atoms with Crippen molar-refractivity contribution in [2.24, 2.45) is 0 Å². The summed E-state index contributed by atoms with van der Waals surface area (Å²) in [7, 11) is 0. The normalized spacial score (nSPS) is 21.3. The van der Waals surface area contributed by atoms with E-state index in [0.717, 1.165) is 24.8 Å². The molecule has 0 bridgehead atoms. The van der Waals surface area contributed by atoms with Crippen LogP contribution in [0.3, 0.4) is 0 Å². The summed E-state index contributed by atoms with van der Waals surface area (Å²) in [6, 6.07) is 8.02. The summed E-state index contributed by atoms with van der Waals surface area (Å²) < 4.78 is 0. The van der Waals surface area contributed by atoms with Gasteiger partial charge < -0.3 is 15.5 Å². The van der Waals surface area contributed by atoms with E-state index in [4.69, 9.17) is 5.11 Å². The molecule has 1 aromatic carbocycles. The smallest absolute Gasteiger partial charge is 0.227 e.